The lowest BCUT2D eigenvalue weighted by molar-refractivity contribution is 0.475. The van der Waals surface area contributed by atoms with Crippen LogP contribution in [0.3, 0.4) is 0 Å². The number of aryl methyl sites for hydroxylation is 2. The molecule has 0 aliphatic rings. The van der Waals surface area contributed by atoms with Crippen LogP contribution in [0.15, 0.2) is 30.5 Å². The Morgan fingerprint density at radius 1 is 1.26 bits per heavy atom. The summed E-state index contributed by atoms with van der Waals surface area (Å²) in [5.74, 6) is 0.280. The van der Waals surface area contributed by atoms with Gasteiger partial charge in [-0.15, -0.1) is 11.3 Å². The lowest BCUT2D eigenvalue weighted by atomic mass is 10.3. The van der Waals surface area contributed by atoms with Gasteiger partial charge in [-0.1, -0.05) is 0 Å². The van der Waals surface area contributed by atoms with E-state index in [1.807, 2.05) is 19.1 Å². The predicted molar refractivity (Wildman–Crippen MR) is 78.0 cm³/mol. The Bertz CT molecular complexity index is 712. The van der Waals surface area contributed by atoms with E-state index in [-0.39, 0.29) is 5.75 Å². The van der Waals surface area contributed by atoms with E-state index in [2.05, 4.69) is 27.8 Å². The van der Waals surface area contributed by atoms with Crippen LogP contribution in [0.4, 0.5) is 5.69 Å². The second-order valence-corrected chi connectivity index (χ2v) is 5.75. The van der Waals surface area contributed by atoms with Crippen molar-refractivity contribution in [3.8, 4) is 5.75 Å². The Kier molecular flexibility index (Phi) is 2.91. The molecule has 0 unspecified atom stereocenters. The summed E-state index contributed by atoms with van der Waals surface area (Å²) in [5, 5.41) is 12.6. The van der Waals surface area contributed by atoms with E-state index in [0.29, 0.717) is 6.54 Å². The summed E-state index contributed by atoms with van der Waals surface area (Å²) in [6.07, 6.45) is 2.12. The van der Waals surface area contributed by atoms with Crippen molar-refractivity contribution in [2.24, 2.45) is 0 Å². The number of fused-ring (bicyclic) bond motifs is 1. The summed E-state index contributed by atoms with van der Waals surface area (Å²) >= 11 is 1.70. The van der Waals surface area contributed by atoms with E-state index in [4.69, 9.17) is 0 Å². The van der Waals surface area contributed by atoms with Crippen LogP contribution < -0.4 is 5.32 Å². The van der Waals surface area contributed by atoms with Gasteiger partial charge in [-0.3, -0.25) is 4.40 Å². The zero-order valence-electron chi connectivity index (χ0n) is 10.8. The first kappa shape index (κ1) is 12.0. The van der Waals surface area contributed by atoms with Crippen molar-refractivity contribution in [2.45, 2.75) is 20.4 Å². The van der Waals surface area contributed by atoms with Gasteiger partial charge in [0.15, 0.2) is 4.96 Å². The maximum absolute atomic E-state index is 9.26. The first-order valence-electron chi connectivity index (χ1n) is 6.10. The van der Waals surface area contributed by atoms with Crippen LogP contribution in [-0.4, -0.2) is 14.5 Å². The molecule has 2 heterocycles. The van der Waals surface area contributed by atoms with E-state index in [0.717, 1.165) is 16.3 Å². The monoisotopic (exact) mass is 273 g/mol. The number of phenolic OH excluding ortho intramolecular Hbond substituents is 1. The van der Waals surface area contributed by atoms with Crippen molar-refractivity contribution in [1.82, 2.24) is 9.38 Å². The minimum atomic E-state index is 0.280. The number of thiazole rings is 1. The van der Waals surface area contributed by atoms with Crippen LogP contribution >= 0.6 is 11.3 Å². The third kappa shape index (κ3) is 2.29. The summed E-state index contributed by atoms with van der Waals surface area (Å²) in [5.41, 5.74) is 3.21. The SMILES string of the molecule is Cc1cn2c(CNc3ccc(O)cc3)c(C)nc2s1. The number of aromatic nitrogens is 2. The maximum atomic E-state index is 9.26. The molecule has 0 aliphatic carbocycles. The number of nitrogens with one attached hydrogen (secondary N) is 1. The molecule has 0 saturated heterocycles. The predicted octanol–water partition coefficient (Wildman–Crippen LogP) is 3.33. The fourth-order valence-corrected chi connectivity index (χ4v) is 2.98. The lowest BCUT2D eigenvalue weighted by Crippen LogP contribution is -2.03. The second kappa shape index (κ2) is 4.59. The molecule has 0 spiro atoms. The summed E-state index contributed by atoms with van der Waals surface area (Å²) in [6, 6.07) is 7.08. The molecule has 0 aliphatic heterocycles. The first-order valence-corrected chi connectivity index (χ1v) is 6.92. The van der Waals surface area contributed by atoms with Crippen molar-refractivity contribution >= 4 is 22.0 Å². The quantitative estimate of drug-likeness (QED) is 0.720. The number of benzene rings is 1. The molecule has 98 valence electrons. The number of hydrogen-bond acceptors (Lipinski definition) is 4. The molecule has 3 rings (SSSR count). The van der Waals surface area contributed by atoms with Crippen LogP contribution in [-0.2, 0) is 6.54 Å². The Morgan fingerprint density at radius 3 is 2.74 bits per heavy atom. The van der Waals surface area contributed by atoms with Gasteiger partial charge in [0.25, 0.3) is 0 Å². The molecule has 2 N–H and O–H groups in total. The van der Waals surface area contributed by atoms with Crippen molar-refractivity contribution in [3.63, 3.8) is 0 Å². The molecule has 0 atom stereocenters. The molecular formula is C14H15N3OS. The highest BCUT2D eigenvalue weighted by atomic mass is 32.1. The minimum absolute atomic E-state index is 0.280. The molecule has 19 heavy (non-hydrogen) atoms. The van der Waals surface area contributed by atoms with Gasteiger partial charge in [-0.25, -0.2) is 4.98 Å². The number of anilines is 1. The molecule has 0 bridgehead atoms. The van der Waals surface area contributed by atoms with Crippen LogP contribution in [0, 0.1) is 13.8 Å². The standard InChI is InChI=1S/C14H15N3OS/c1-9-8-17-13(10(2)16-14(17)19-9)7-15-11-3-5-12(18)6-4-11/h3-6,8,15,18H,7H2,1-2H3. The number of phenols is 1. The lowest BCUT2D eigenvalue weighted by Gasteiger charge is -2.06. The van der Waals surface area contributed by atoms with E-state index in [9.17, 15) is 5.11 Å². The van der Waals surface area contributed by atoms with Gasteiger partial charge < -0.3 is 10.4 Å². The minimum Gasteiger partial charge on any atom is -0.508 e. The van der Waals surface area contributed by atoms with Gasteiger partial charge in [-0.05, 0) is 38.1 Å². The topological polar surface area (TPSA) is 49.6 Å². The fraction of sp³-hybridized carbons (Fsp3) is 0.214. The summed E-state index contributed by atoms with van der Waals surface area (Å²) in [6.45, 7) is 4.84. The van der Waals surface area contributed by atoms with Crippen molar-refractivity contribution in [3.05, 3.63) is 46.7 Å². The van der Waals surface area contributed by atoms with Gasteiger partial charge in [0, 0.05) is 16.8 Å². The summed E-state index contributed by atoms with van der Waals surface area (Å²) in [4.78, 5) is 6.86. The number of imidazole rings is 1. The highest BCUT2D eigenvalue weighted by Crippen LogP contribution is 2.22. The molecular weight excluding hydrogens is 258 g/mol. The smallest absolute Gasteiger partial charge is 0.194 e. The van der Waals surface area contributed by atoms with Gasteiger partial charge in [0.1, 0.15) is 5.75 Å². The molecule has 0 amide bonds. The van der Waals surface area contributed by atoms with Crippen LogP contribution in [0.25, 0.3) is 4.96 Å². The van der Waals surface area contributed by atoms with Crippen LogP contribution in [0.5, 0.6) is 5.75 Å². The van der Waals surface area contributed by atoms with Crippen LogP contribution in [0.1, 0.15) is 16.3 Å². The highest BCUT2D eigenvalue weighted by Gasteiger charge is 2.10. The molecule has 1 aromatic carbocycles. The van der Waals surface area contributed by atoms with Crippen molar-refractivity contribution < 1.29 is 5.11 Å². The highest BCUT2D eigenvalue weighted by molar-refractivity contribution is 7.17. The third-order valence-electron chi connectivity index (χ3n) is 3.07. The van der Waals surface area contributed by atoms with E-state index >= 15 is 0 Å². The van der Waals surface area contributed by atoms with Crippen LogP contribution in [0.2, 0.25) is 0 Å². The van der Waals surface area contributed by atoms with E-state index in [1.165, 1.54) is 10.6 Å². The maximum Gasteiger partial charge on any atom is 0.194 e. The molecule has 5 heteroatoms. The molecule has 0 fully saturated rings. The van der Waals surface area contributed by atoms with Gasteiger partial charge >= 0.3 is 0 Å². The Morgan fingerprint density at radius 2 is 2.00 bits per heavy atom. The molecule has 4 nitrogen and oxygen atoms in total. The van der Waals surface area contributed by atoms with E-state index in [1.54, 1.807) is 23.5 Å². The van der Waals surface area contributed by atoms with E-state index < -0.39 is 0 Å². The third-order valence-corrected chi connectivity index (χ3v) is 3.97. The number of nitrogens with zero attached hydrogens (tertiary/aromatic N) is 2. The Balaban J connectivity index is 1.84. The zero-order valence-corrected chi connectivity index (χ0v) is 11.7. The molecule has 0 radical (unpaired) electrons. The summed E-state index contributed by atoms with van der Waals surface area (Å²) in [7, 11) is 0. The molecule has 0 saturated carbocycles. The normalized spacial score (nSPS) is 11.1. The Labute approximate surface area is 115 Å². The second-order valence-electron chi connectivity index (χ2n) is 4.54. The average Bonchev–Trinajstić information content (AvgIpc) is 2.85. The average molecular weight is 273 g/mol. The zero-order chi connectivity index (χ0) is 13.4. The number of aromatic hydroxyl groups is 1. The number of hydrogen-bond donors (Lipinski definition) is 2. The Hall–Kier alpha value is -2.01. The molecule has 3 aromatic rings. The number of rotatable bonds is 3. The molecule has 2 aromatic heterocycles. The van der Waals surface area contributed by atoms with Crippen molar-refractivity contribution in [2.75, 3.05) is 5.32 Å². The van der Waals surface area contributed by atoms with Gasteiger partial charge in [0.05, 0.1) is 17.9 Å². The van der Waals surface area contributed by atoms with Gasteiger partial charge in [-0.2, -0.15) is 0 Å². The van der Waals surface area contributed by atoms with Crippen molar-refractivity contribution in [1.29, 1.82) is 0 Å². The summed E-state index contributed by atoms with van der Waals surface area (Å²) < 4.78 is 2.14. The first-order chi connectivity index (χ1) is 9.13. The fourth-order valence-electron chi connectivity index (χ4n) is 2.09. The largest absolute Gasteiger partial charge is 0.508 e. The van der Waals surface area contributed by atoms with Gasteiger partial charge in [0.2, 0.25) is 0 Å².